The number of hydrogen-bond donors (Lipinski definition) is 2. The lowest BCUT2D eigenvalue weighted by atomic mass is 9.49. The Hall–Kier alpha value is -0.570. The van der Waals surface area contributed by atoms with Gasteiger partial charge in [-0.05, 0) is 92.3 Å². The molecule has 0 radical (unpaired) electrons. The molecule has 2 atom stereocenters. The molecule has 4 bridgehead atoms. The van der Waals surface area contributed by atoms with Gasteiger partial charge >= 0.3 is 0 Å². The van der Waals surface area contributed by atoms with Crippen molar-refractivity contribution in [2.75, 3.05) is 13.1 Å². The minimum absolute atomic E-state index is 0.215. The molecule has 25 heavy (non-hydrogen) atoms. The van der Waals surface area contributed by atoms with E-state index >= 15 is 0 Å². The van der Waals surface area contributed by atoms with Gasteiger partial charge < -0.3 is 10.6 Å². The molecule has 3 nitrogen and oxygen atoms in total. The summed E-state index contributed by atoms with van der Waals surface area (Å²) in [6.45, 7) is 8.51. The fourth-order valence-corrected chi connectivity index (χ4v) is 7.59. The molecule has 5 aliphatic carbocycles. The molecule has 0 heterocycles. The van der Waals surface area contributed by atoms with Gasteiger partial charge in [0.05, 0.1) is 6.54 Å². The van der Waals surface area contributed by atoms with Crippen LogP contribution >= 0.6 is 0 Å². The highest BCUT2D eigenvalue weighted by Gasteiger charge is 2.50. The van der Waals surface area contributed by atoms with Crippen molar-refractivity contribution in [1.29, 1.82) is 0 Å². The lowest BCUT2D eigenvalue weighted by Gasteiger charge is -2.56. The highest BCUT2D eigenvalue weighted by atomic mass is 16.1. The van der Waals surface area contributed by atoms with Crippen LogP contribution in [0.4, 0.5) is 0 Å². The standard InChI is InChI=1S/C22H38N2O/c1-15-4-19(12-21(2,3)8-15)23-13-20(25)24-14-22-9-16-5-17(10-22)7-18(6-16)11-22/h15-19,23H,4-14H2,1-3H3,(H,24,25). The van der Waals surface area contributed by atoms with E-state index < -0.39 is 0 Å². The summed E-state index contributed by atoms with van der Waals surface area (Å²) < 4.78 is 0. The molecule has 0 saturated heterocycles. The van der Waals surface area contributed by atoms with Gasteiger partial charge in [-0.2, -0.15) is 0 Å². The molecule has 5 aliphatic rings. The maximum Gasteiger partial charge on any atom is 0.233 e. The Bertz CT molecular complexity index is 477. The van der Waals surface area contributed by atoms with Crippen LogP contribution in [0, 0.1) is 34.5 Å². The van der Waals surface area contributed by atoms with Crippen molar-refractivity contribution in [3.05, 3.63) is 0 Å². The van der Waals surface area contributed by atoms with Crippen LogP contribution < -0.4 is 10.6 Å². The van der Waals surface area contributed by atoms with E-state index in [1.165, 1.54) is 57.8 Å². The Morgan fingerprint density at radius 2 is 1.52 bits per heavy atom. The molecule has 0 aromatic heterocycles. The van der Waals surface area contributed by atoms with Crippen molar-refractivity contribution in [2.24, 2.45) is 34.5 Å². The monoisotopic (exact) mass is 346 g/mol. The zero-order valence-electron chi connectivity index (χ0n) is 16.6. The summed E-state index contributed by atoms with van der Waals surface area (Å²) in [6, 6.07) is 0.504. The van der Waals surface area contributed by atoms with Gasteiger partial charge in [0, 0.05) is 12.6 Å². The number of amides is 1. The van der Waals surface area contributed by atoms with Crippen LogP contribution in [0.1, 0.15) is 78.6 Å². The first-order valence-electron chi connectivity index (χ1n) is 10.8. The van der Waals surface area contributed by atoms with E-state index in [4.69, 9.17) is 0 Å². The van der Waals surface area contributed by atoms with Crippen molar-refractivity contribution in [2.45, 2.75) is 84.6 Å². The van der Waals surface area contributed by atoms with Gasteiger partial charge in [-0.1, -0.05) is 20.8 Å². The van der Waals surface area contributed by atoms with Crippen molar-refractivity contribution >= 4 is 5.91 Å². The molecule has 2 N–H and O–H groups in total. The first-order chi connectivity index (χ1) is 11.8. The van der Waals surface area contributed by atoms with Gasteiger partial charge in [-0.3, -0.25) is 4.79 Å². The molecule has 0 aromatic rings. The second-order valence-electron chi connectivity index (χ2n) is 11.2. The van der Waals surface area contributed by atoms with E-state index in [0.29, 0.717) is 23.4 Å². The summed E-state index contributed by atoms with van der Waals surface area (Å²) in [5.41, 5.74) is 0.858. The third-order valence-corrected chi connectivity index (χ3v) is 7.76. The largest absolute Gasteiger partial charge is 0.354 e. The number of hydrogen-bond acceptors (Lipinski definition) is 2. The summed E-state index contributed by atoms with van der Waals surface area (Å²) >= 11 is 0. The average Bonchev–Trinajstić information content (AvgIpc) is 2.48. The lowest BCUT2D eigenvalue weighted by Crippen LogP contribution is -2.52. The van der Waals surface area contributed by atoms with Crippen LogP contribution in [-0.2, 0) is 4.79 Å². The molecular weight excluding hydrogens is 308 g/mol. The first kappa shape index (κ1) is 17.8. The Balaban J connectivity index is 1.23. The van der Waals surface area contributed by atoms with Crippen LogP contribution in [0.2, 0.25) is 0 Å². The van der Waals surface area contributed by atoms with E-state index in [-0.39, 0.29) is 5.91 Å². The molecule has 1 amide bonds. The van der Waals surface area contributed by atoms with E-state index in [1.807, 2.05) is 0 Å². The smallest absolute Gasteiger partial charge is 0.233 e. The molecule has 2 unspecified atom stereocenters. The molecule has 5 saturated carbocycles. The molecule has 0 spiro atoms. The number of nitrogens with one attached hydrogen (secondary N) is 2. The van der Waals surface area contributed by atoms with Crippen LogP contribution in [0.25, 0.3) is 0 Å². The van der Waals surface area contributed by atoms with Gasteiger partial charge in [0.1, 0.15) is 0 Å². The van der Waals surface area contributed by atoms with Crippen LogP contribution in [0.5, 0.6) is 0 Å². The Kier molecular flexibility index (Phi) is 4.67. The first-order valence-corrected chi connectivity index (χ1v) is 10.8. The summed E-state index contributed by atoms with van der Waals surface area (Å²) in [5, 5.41) is 6.86. The number of rotatable bonds is 5. The van der Waals surface area contributed by atoms with E-state index in [2.05, 4.69) is 31.4 Å². The Labute approximate surface area is 154 Å². The topological polar surface area (TPSA) is 41.1 Å². The lowest BCUT2D eigenvalue weighted by molar-refractivity contribution is -0.122. The second-order valence-corrected chi connectivity index (χ2v) is 11.2. The number of carbonyl (C=O) groups is 1. The Morgan fingerprint density at radius 3 is 2.08 bits per heavy atom. The molecule has 5 fully saturated rings. The van der Waals surface area contributed by atoms with Gasteiger partial charge in [0.2, 0.25) is 5.91 Å². The van der Waals surface area contributed by atoms with Gasteiger partial charge in [0.15, 0.2) is 0 Å². The summed E-state index contributed by atoms with van der Waals surface area (Å²) in [4.78, 5) is 12.4. The average molecular weight is 347 g/mol. The molecular formula is C22H38N2O. The van der Waals surface area contributed by atoms with Crippen LogP contribution in [0.15, 0.2) is 0 Å². The molecule has 142 valence electrons. The summed E-state index contributed by atoms with van der Waals surface area (Å²) in [5.74, 6) is 3.87. The fourth-order valence-electron chi connectivity index (χ4n) is 7.59. The second kappa shape index (κ2) is 6.55. The zero-order valence-corrected chi connectivity index (χ0v) is 16.6. The van der Waals surface area contributed by atoms with Crippen LogP contribution in [0.3, 0.4) is 0 Å². The normalized spacial score (nSPS) is 44.7. The van der Waals surface area contributed by atoms with Crippen LogP contribution in [-0.4, -0.2) is 25.0 Å². The molecule has 5 rings (SSSR count). The maximum atomic E-state index is 12.4. The predicted octanol–water partition coefficient (Wildman–Crippen LogP) is 4.12. The minimum Gasteiger partial charge on any atom is -0.354 e. The van der Waals surface area contributed by atoms with Gasteiger partial charge in [-0.15, -0.1) is 0 Å². The fraction of sp³-hybridized carbons (Fsp3) is 0.955. The highest BCUT2D eigenvalue weighted by molar-refractivity contribution is 5.78. The quantitative estimate of drug-likeness (QED) is 0.786. The van der Waals surface area contributed by atoms with E-state index in [0.717, 1.165) is 30.2 Å². The van der Waals surface area contributed by atoms with Crippen molar-refractivity contribution in [3.8, 4) is 0 Å². The third-order valence-electron chi connectivity index (χ3n) is 7.76. The minimum atomic E-state index is 0.215. The van der Waals surface area contributed by atoms with Gasteiger partial charge in [-0.25, -0.2) is 0 Å². The van der Waals surface area contributed by atoms with E-state index in [9.17, 15) is 4.79 Å². The zero-order chi connectivity index (χ0) is 17.7. The van der Waals surface area contributed by atoms with Gasteiger partial charge in [0.25, 0.3) is 0 Å². The van der Waals surface area contributed by atoms with E-state index in [1.54, 1.807) is 0 Å². The molecule has 0 aliphatic heterocycles. The van der Waals surface area contributed by atoms with Crippen molar-refractivity contribution in [1.82, 2.24) is 10.6 Å². The highest BCUT2D eigenvalue weighted by Crippen LogP contribution is 2.59. The SMILES string of the molecule is CC1CC(NCC(=O)NCC23CC4CC(CC(C4)C2)C3)CC(C)(C)C1. The maximum absolute atomic E-state index is 12.4. The predicted molar refractivity (Wildman–Crippen MR) is 102 cm³/mol. The summed E-state index contributed by atoms with van der Waals surface area (Å²) in [7, 11) is 0. The van der Waals surface area contributed by atoms with Crippen molar-refractivity contribution in [3.63, 3.8) is 0 Å². The summed E-state index contributed by atoms with van der Waals surface area (Å²) in [6.07, 6.45) is 12.3. The third kappa shape index (κ3) is 4.07. The number of carbonyl (C=O) groups excluding carboxylic acids is 1. The van der Waals surface area contributed by atoms with Crippen molar-refractivity contribution < 1.29 is 4.79 Å². The molecule has 3 heteroatoms. The molecule has 0 aromatic carbocycles. The Morgan fingerprint density at radius 1 is 0.920 bits per heavy atom.